The Balaban J connectivity index is 1.61. The lowest BCUT2D eigenvalue weighted by Crippen LogP contribution is -2.57. The molecular weight excluding hydrogens is 296 g/mol. The summed E-state index contributed by atoms with van der Waals surface area (Å²) >= 11 is 0. The van der Waals surface area contributed by atoms with Gasteiger partial charge in [0.1, 0.15) is 0 Å². The van der Waals surface area contributed by atoms with Crippen molar-refractivity contribution < 1.29 is 4.79 Å². The molecule has 4 aliphatic rings. The van der Waals surface area contributed by atoms with Crippen molar-refractivity contribution in [2.24, 2.45) is 27.6 Å². The van der Waals surface area contributed by atoms with Crippen LogP contribution in [0, 0.1) is 27.6 Å². The second-order valence-corrected chi connectivity index (χ2v) is 10.6. The van der Waals surface area contributed by atoms with Crippen LogP contribution in [0.25, 0.3) is 0 Å². The van der Waals surface area contributed by atoms with Gasteiger partial charge in [-0.15, -0.1) is 0 Å². The molecule has 0 aromatic heterocycles. The van der Waals surface area contributed by atoms with Crippen molar-refractivity contribution in [3.05, 3.63) is 0 Å². The molecule has 0 aliphatic heterocycles. The van der Waals surface area contributed by atoms with E-state index in [1.807, 2.05) is 0 Å². The molecule has 5 unspecified atom stereocenters. The van der Waals surface area contributed by atoms with Gasteiger partial charge in [0, 0.05) is 19.6 Å². The monoisotopic (exact) mass is 332 g/mol. The summed E-state index contributed by atoms with van der Waals surface area (Å²) < 4.78 is 0. The smallest absolute Gasteiger partial charge is 0.228 e. The Hall–Kier alpha value is -0.570. The van der Waals surface area contributed by atoms with Crippen LogP contribution in [0.4, 0.5) is 0 Å². The van der Waals surface area contributed by atoms with E-state index in [-0.39, 0.29) is 5.41 Å². The largest absolute Gasteiger partial charge is 0.341 e. The zero-order valence-corrected chi connectivity index (χ0v) is 16.5. The van der Waals surface area contributed by atoms with E-state index in [2.05, 4.69) is 44.7 Å². The van der Waals surface area contributed by atoms with Crippen molar-refractivity contribution in [2.45, 2.75) is 65.7 Å². The number of hydrogen-bond donors (Lipinski definition) is 0. The summed E-state index contributed by atoms with van der Waals surface area (Å²) in [6.45, 7) is 10.1. The molecule has 4 fully saturated rings. The van der Waals surface area contributed by atoms with Gasteiger partial charge in [-0.2, -0.15) is 0 Å². The first-order chi connectivity index (χ1) is 11.2. The van der Waals surface area contributed by atoms with Crippen molar-refractivity contribution >= 4 is 5.91 Å². The molecule has 136 valence electrons. The van der Waals surface area contributed by atoms with Crippen molar-refractivity contribution in [1.29, 1.82) is 0 Å². The van der Waals surface area contributed by atoms with E-state index in [1.165, 1.54) is 38.5 Å². The summed E-state index contributed by atoms with van der Waals surface area (Å²) in [4.78, 5) is 18.1. The molecule has 1 spiro atoms. The highest BCUT2D eigenvalue weighted by atomic mass is 16.2. The summed E-state index contributed by atoms with van der Waals surface area (Å²) in [5, 5.41) is 0. The van der Waals surface area contributed by atoms with Gasteiger partial charge in [-0.05, 0) is 81.2 Å². The van der Waals surface area contributed by atoms with Gasteiger partial charge < -0.3 is 9.80 Å². The van der Waals surface area contributed by atoms with Gasteiger partial charge in [-0.1, -0.05) is 20.8 Å². The van der Waals surface area contributed by atoms with Crippen molar-refractivity contribution in [3.63, 3.8) is 0 Å². The van der Waals surface area contributed by atoms with Gasteiger partial charge in [-0.25, -0.2) is 0 Å². The maximum Gasteiger partial charge on any atom is 0.228 e. The minimum Gasteiger partial charge on any atom is -0.341 e. The Morgan fingerprint density at radius 3 is 2.38 bits per heavy atom. The summed E-state index contributed by atoms with van der Waals surface area (Å²) in [6.07, 6.45) is 8.80. The normalized spacial score (nSPS) is 47.8. The average molecular weight is 333 g/mol. The first kappa shape index (κ1) is 16.9. The summed E-state index contributed by atoms with van der Waals surface area (Å²) in [7, 11) is 4.21. The Bertz CT molecular complexity index is 560. The molecule has 0 radical (unpaired) electrons. The van der Waals surface area contributed by atoms with E-state index < -0.39 is 0 Å². The van der Waals surface area contributed by atoms with Crippen molar-refractivity contribution in [3.8, 4) is 0 Å². The van der Waals surface area contributed by atoms with Crippen LogP contribution in [0.5, 0.6) is 0 Å². The molecule has 1 amide bonds. The van der Waals surface area contributed by atoms with Crippen LogP contribution in [0.15, 0.2) is 0 Å². The number of carbonyl (C=O) groups is 1. The fraction of sp³-hybridized carbons (Fsp3) is 0.952. The van der Waals surface area contributed by atoms with Crippen LogP contribution < -0.4 is 0 Å². The molecular formula is C21H36N2O. The first-order valence-electron chi connectivity index (χ1n) is 10.1. The molecule has 4 aliphatic carbocycles. The summed E-state index contributed by atoms with van der Waals surface area (Å²) in [6, 6.07) is 0. The van der Waals surface area contributed by atoms with Crippen LogP contribution in [-0.4, -0.2) is 49.4 Å². The molecule has 0 aromatic rings. The number of rotatable bonds is 6. The Kier molecular flexibility index (Phi) is 3.51. The number of likely N-dealkylation sites (N-methyl/N-ethyl adjacent to an activating group) is 1. The second kappa shape index (κ2) is 4.99. The van der Waals surface area contributed by atoms with E-state index in [0.717, 1.165) is 32.0 Å². The Morgan fingerprint density at radius 1 is 0.958 bits per heavy atom. The van der Waals surface area contributed by atoms with Crippen LogP contribution >= 0.6 is 0 Å². The third-order valence-electron chi connectivity index (χ3n) is 8.57. The number of hydrogen-bond acceptors (Lipinski definition) is 2. The fourth-order valence-corrected chi connectivity index (χ4v) is 8.22. The van der Waals surface area contributed by atoms with Crippen LogP contribution in [0.2, 0.25) is 0 Å². The highest BCUT2D eigenvalue weighted by molar-refractivity contribution is 5.84. The number of carbonyl (C=O) groups excluding carboxylic acids is 1. The van der Waals surface area contributed by atoms with E-state index in [4.69, 9.17) is 0 Å². The van der Waals surface area contributed by atoms with Gasteiger partial charge in [0.05, 0.1) is 5.41 Å². The minimum absolute atomic E-state index is 0.0204. The maximum atomic E-state index is 13.7. The number of nitrogens with zero attached hydrogens (tertiary/aromatic N) is 2. The summed E-state index contributed by atoms with van der Waals surface area (Å²) in [5.74, 6) is 1.32. The lowest BCUT2D eigenvalue weighted by molar-refractivity contribution is -0.157. The molecule has 3 heteroatoms. The minimum atomic E-state index is -0.0204. The standard InChI is InChI=1S/C21H36N2O/c1-6-7-23(9-8-22(4)5)17(24)20-11-16-10-18(2)13-19(3,14-20)21(18,12-16)15-20/h16H,6-15H2,1-5H3. The Labute approximate surface area is 148 Å². The zero-order chi connectivity index (χ0) is 17.4. The molecule has 0 aromatic carbocycles. The SMILES string of the molecule is CCCN(CCN(C)C)C(=O)C12CC3CC4(C)CC(C)(C1)C4(C3)C2. The molecule has 4 saturated carbocycles. The second-order valence-electron chi connectivity index (χ2n) is 10.6. The van der Waals surface area contributed by atoms with Gasteiger partial charge in [0.2, 0.25) is 5.91 Å². The highest BCUT2D eigenvalue weighted by Crippen LogP contribution is 2.88. The lowest BCUT2D eigenvalue weighted by atomic mass is 9.40. The van der Waals surface area contributed by atoms with Crippen LogP contribution in [-0.2, 0) is 4.79 Å². The third kappa shape index (κ3) is 1.91. The van der Waals surface area contributed by atoms with Crippen molar-refractivity contribution in [1.82, 2.24) is 9.80 Å². The van der Waals surface area contributed by atoms with Gasteiger partial charge in [-0.3, -0.25) is 4.79 Å². The van der Waals surface area contributed by atoms with E-state index in [1.54, 1.807) is 0 Å². The van der Waals surface area contributed by atoms with Crippen LogP contribution in [0.1, 0.15) is 65.7 Å². The fourth-order valence-electron chi connectivity index (χ4n) is 8.22. The third-order valence-corrected chi connectivity index (χ3v) is 8.57. The number of amides is 1. The quantitative estimate of drug-likeness (QED) is 0.739. The van der Waals surface area contributed by atoms with E-state index in [0.29, 0.717) is 22.2 Å². The maximum absolute atomic E-state index is 13.7. The molecule has 0 saturated heterocycles. The number of fused-ring (bicyclic) bond motifs is 2. The molecule has 24 heavy (non-hydrogen) atoms. The molecule has 0 N–H and O–H groups in total. The van der Waals surface area contributed by atoms with Crippen LogP contribution in [0.3, 0.4) is 0 Å². The Morgan fingerprint density at radius 2 is 1.71 bits per heavy atom. The topological polar surface area (TPSA) is 23.6 Å². The van der Waals surface area contributed by atoms with Crippen molar-refractivity contribution in [2.75, 3.05) is 33.7 Å². The average Bonchev–Trinajstić information content (AvgIpc) is 2.75. The van der Waals surface area contributed by atoms with Gasteiger partial charge in [0.25, 0.3) is 0 Å². The van der Waals surface area contributed by atoms with E-state index in [9.17, 15) is 4.79 Å². The molecule has 3 bridgehead atoms. The molecule has 5 atom stereocenters. The zero-order valence-electron chi connectivity index (χ0n) is 16.5. The van der Waals surface area contributed by atoms with Gasteiger partial charge >= 0.3 is 0 Å². The van der Waals surface area contributed by atoms with E-state index >= 15 is 0 Å². The predicted molar refractivity (Wildman–Crippen MR) is 97.7 cm³/mol. The predicted octanol–water partition coefficient (Wildman–Crippen LogP) is 3.78. The molecule has 3 nitrogen and oxygen atoms in total. The van der Waals surface area contributed by atoms with Gasteiger partial charge in [0.15, 0.2) is 0 Å². The molecule has 4 rings (SSSR count). The molecule has 0 heterocycles. The highest BCUT2D eigenvalue weighted by Gasteiger charge is 2.81. The lowest BCUT2D eigenvalue weighted by Gasteiger charge is -2.64. The first-order valence-corrected chi connectivity index (χ1v) is 10.1. The summed E-state index contributed by atoms with van der Waals surface area (Å²) in [5.41, 5.74) is 1.47.